The molecule has 0 bridgehead atoms. The fourth-order valence-electron chi connectivity index (χ4n) is 2.67. The predicted octanol–water partition coefficient (Wildman–Crippen LogP) is 4.57. The Bertz CT molecular complexity index is 769. The number of anilines is 1. The van der Waals surface area contributed by atoms with E-state index in [4.69, 9.17) is 4.74 Å². The molecule has 2 aromatic rings. The number of nitrogens with one attached hydrogen (secondary N) is 1. The van der Waals surface area contributed by atoms with E-state index in [0.717, 1.165) is 18.6 Å². The van der Waals surface area contributed by atoms with Crippen LogP contribution in [0.5, 0.6) is 5.75 Å². The third kappa shape index (κ3) is 4.06. The van der Waals surface area contributed by atoms with Gasteiger partial charge in [-0.05, 0) is 78.0 Å². The van der Waals surface area contributed by atoms with E-state index in [1.807, 2.05) is 0 Å². The van der Waals surface area contributed by atoms with Crippen molar-refractivity contribution in [3.63, 3.8) is 0 Å². The van der Waals surface area contributed by atoms with E-state index in [-0.39, 0.29) is 11.0 Å². The molecule has 4 nitrogen and oxygen atoms in total. The van der Waals surface area contributed by atoms with Crippen LogP contribution in [0.3, 0.4) is 0 Å². The third-order valence-corrected chi connectivity index (χ3v) is 6.23. The summed E-state index contributed by atoms with van der Waals surface area (Å²) in [6, 6.07) is 13.8. The van der Waals surface area contributed by atoms with Crippen LogP contribution in [0.2, 0.25) is 0 Å². The highest BCUT2D eigenvalue weighted by Gasteiger charge is 2.18. The van der Waals surface area contributed by atoms with E-state index < -0.39 is 10.0 Å². The van der Waals surface area contributed by atoms with Crippen LogP contribution in [-0.2, 0) is 10.0 Å². The zero-order chi connectivity index (χ0) is 16.3. The van der Waals surface area contributed by atoms with Crippen LogP contribution in [0.15, 0.2) is 57.9 Å². The molecule has 1 fully saturated rings. The van der Waals surface area contributed by atoms with Crippen molar-refractivity contribution in [2.75, 3.05) is 4.72 Å². The lowest BCUT2D eigenvalue weighted by molar-refractivity contribution is 0.210. The maximum atomic E-state index is 12.4. The maximum absolute atomic E-state index is 12.4. The van der Waals surface area contributed by atoms with Gasteiger partial charge in [-0.15, -0.1) is 0 Å². The number of hydrogen-bond donors (Lipinski definition) is 1. The Kier molecular flexibility index (Phi) is 4.92. The van der Waals surface area contributed by atoms with Gasteiger partial charge in [-0.25, -0.2) is 8.42 Å². The van der Waals surface area contributed by atoms with Crippen molar-refractivity contribution in [3.05, 3.63) is 53.0 Å². The summed E-state index contributed by atoms with van der Waals surface area (Å²) in [5, 5.41) is 0. The van der Waals surface area contributed by atoms with Crippen LogP contribution in [0, 0.1) is 0 Å². The van der Waals surface area contributed by atoms with E-state index >= 15 is 0 Å². The quantitative estimate of drug-likeness (QED) is 0.806. The molecular weight excluding hydrogens is 378 g/mol. The van der Waals surface area contributed by atoms with Crippen LogP contribution in [0.25, 0.3) is 0 Å². The van der Waals surface area contributed by atoms with E-state index in [0.29, 0.717) is 10.2 Å². The lowest BCUT2D eigenvalue weighted by atomic mass is 10.3. The Balaban J connectivity index is 1.71. The molecule has 2 aromatic carbocycles. The fourth-order valence-corrected chi connectivity index (χ4v) is 4.74. The summed E-state index contributed by atoms with van der Waals surface area (Å²) in [5.41, 5.74) is 0.513. The Hall–Kier alpha value is -1.53. The molecule has 0 aliphatic heterocycles. The van der Waals surface area contributed by atoms with Gasteiger partial charge < -0.3 is 4.74 Å². The van der Waals surface area contributed by atoms with Gasteiger partial charge in [0.15, 0.2) is 0 Å². The summed E-state index contributed by atoms with van der Waals surface area (Å²) >= 11 is 3.27. The number of halogens is 1. The molecule has 0 radical (unpaired) electrons. The van der Waals surface area contributed by atoms with Crippen LogP contribution in [-0.4, -0.2) is 14.5 Å². The van der Waals surface area contributed by atoms with Crippen LogP contribution >= 0.6 is 15.9 Å². The standard InChI is InChI=1S/C17H18BrNO3S/c18-16-7-3-4-8-17(16)23(20,21)19-13-9-11-15(12-10-13)22-14-5-1-2-6-14/h3-4,7-12,14,19H,1-2,5-6H2. The van der Waals surface area contributed by atoms with Gasteiger partial charge in [0, 0.05) is 10.2 Å². The molecule has 0 aromatic heterocycles. The van der Waals surface area contributed by atoms with Gasteiger partial charge in [-0.1, -0.05) is 12.1 Å². The van der Waals surface area contributed by atoms with Crippen molar-refractivity contribution >= 4 is 31.6 Å². The number of sulfonamides is 1. The number of hydrogen-bond acceptors (Lipinski definition) is 3. The molecule has 0 unspecified atom stereocenters. The van der Waals surface area contributed by atoms with Crippen LogP contribution < -0.4 is 9.46 Å². The van der Waals surface area contributed by atoms with Crippen LogP contribution in [0.1, 0.15) is 25.7 Å². The second-order valence-corrected chi connectivity index (χ2v) is 8.09. The summed E-state index contributed by atoms with van der Waals surface area (Å²) in [7, 11) is -3.62. The summed E-state index contributed by atoms with van der Waals surface area (Å²) in [6.07, 6.45) is 4.91. The predicted molar refractivity (Wildman–Crippen MR) is 94.3 cm³/mol. The van der Waals surface area contributed by atoms with Crippen molar-refractivity contribution in [1.82, 2.24) is 0 Å². The highest BCUT2D eigenvalue weighted by molar-refractivity contribution is 9.10. The summed E-state index contributed by atoms with van der Waals surface area (Å²) in [4.78, 5) is 0.214. The Labute approximate surface area is 145 Å². The first kappa shape index (κ1) is 16.3. The Morgan fingerprint density at radius 2 is 1.65 bits per heavy atom. The minimum absolute atomic E-state index is 0.214. The minimum atomic E-state index is -3.62. The summed E-state index contributed by atoms with van der Waals surface area (Å²) < 4.78 is 33.8. The molecule has 0 saturated heterocycles. The van der Waals surface area contributed by atoms with Crippen molar-refractivity contribution in [3.8, 4) is 5.75 Å². The molecule has 1 saturated carbocycles. The van der Waals surface area contributed by atoms with Gasteiger partial charge in [0.25, 0.3) is 10.0 Å². The van der Waals surface area contributed by atoms with Gasteiger partial charge in [0.05, 0.1) is 6.10 Å². The van der Waals surface area contributed by atoms with Gasteiger partial charge in [-0.3, -0.25) is 4.72 Å². The number of benzene rings is 2. The normalized spacial score (nSPS) is 15.5. The Morgan fingerprint density at radius 3 is 2.30 bits per heavy atom. The smallest absolute Gasteiger partial charge is 0.263 e. The van der Waals surface area contributed by atoms with Crippen molar-refractivity contribution < 1.29 is 13.2 Å². The number of rotatable bonds is 5. The average molecular weight is 396 g/mol. The molecule has 6 heteroatoms. The minimum Gasteiger partial charge on any atom is -0.490 e. The van der Waals surface area contributed by atoms with Gasteiger partial charge in [0.2, 0.25) is 0 Å². The van der Waals surface area contributed by atoms with E-state index in [1.54, 1.807) is 48.5 Å². The first-order valence-corrected chi connectivity index (χ1v) is 9.86. The van der Waals surface area contributed by atoms with Gasteiger partial charge in [-0.2, -0.15) is 0 Å². The molecule has 1 aliphatic carbocycles. The molecule has 0 heterocycles. The monoisotopic (exact) mass is 395 g/mol. The lowest BCUT2D eigenvalue weighted by Crippen LogP contribution is -2.14. The zero-order valence-corrected chi connectivity index (χ0v) is 14.9. The second kappa shape index (κ2) is 6.93. The molecule has 23 heavy (non-hydrogen) atoms. The van der Waals surface area contributed by atoms with Gasteiger partial charge in [0.1, 0.15) is 10.6 Å². The van der Waals surface area contributed by atoms with Crippen LogP contribution in [0.4, 0.5) is 5.69 Å². The highest BCUT2D eigenvalue weighted by Crippen LogP contribution is 2.27. The SMILES string of the molecule is O=S(=O)(Nc1ccc(OC2CCCC2)cc1)c1ccccc1Br. The van der Waals surface area contributed by atoms with Gasteiger partial charge >= 0.3 is 0 Å². The summed E-state index contributed by atoms with van der Waals surface area (Å²) in [5.74, 6) is 0.778. The van der Waals surface area contributed by atoms with Crippen molar-refractivity contribution in [2.45, 2.75) is 36.7 Å². The first-order chi connectivity index (χ1) is 11.0. The van der Waals surface area contributed by atoms with Crippen molar-refractivity contribution in [1.29, 1.82) is 0 Å². The lowest BCUT2D eigenvalue weighted by Gasteiger charge is -2.14. The molecule has 1 aliphatic rings. The molecule has 3 rings (SSSR count). The topological polar surface area (TPSA) is 55.4 Å². The molecule has 122 valence electrons. The third-order valence-electron chi connectivity index (χ3n) is 3.84. The number of ether oxygens (including phenoxy) is 1. The fraction of sp³-hybridized carbons (Fsp3) is 0.294. The van der Waals surface area contributed by atoms with E-state index in [1.165, 1.54) is 12.8 Å². The average Bonchev–Trinajstić information content (AvgIpc) is 3.02. The highest BCUT2D eigenvalue weighted by atomic mass is 79.9. The Morgan fingerprint density at radius 1 is 1.00 bits per heavy atom. The van der Waals surface area contributed by atoms with E-state index in [2.05, 4.69) is 20.7 Å². The largest absolute Gasteiger partial charge is 0.490 e. The molecule has 0 spiro atoms. The molecular formula is C17H18BrNO3S. The van der Waals surface area contributed by atoms with E-state index in [9.17, 15) is 8.42 Å². The first-order valence-electron chi connectivity index (χ1n) is 7.59. The molecule has 0 amide bonds. The molecule has 1 N–H and O–H groups in total. The maximum Gasteiger partial charge on any atom is 0.263 e. The zero-order valence-electron chi connectivity index (χ0n) is 12.5. The second-order valence-electron chi connectivity index (χ2n) is 5.58. The molecule has 0 atom stereocenters. The summed E-state index contributed by atoms with van der Waals surface area (Å²) in [6.45, 7) is 0. The van der Waals surface area contributed by atoms with Crippen molar-refractivity contribution in [2.24, 2.45) is 0 Å².